The fourth-order valence-corrected chi connectivity index (χ4v) is 6.04. The zero-order valence-corrected chi connectivity index (χ0v) is 23.9. The topological polar surface area (TPSA) is 84.4 Å². The van der Waals surface area contributed by atoms with E-state index in [0.29, 0.717) is 19.0 Å². The van der Waals surface area contributed by atoms with Gasteiger partial charge in [0.05, 0.1) is 16.3 Å². The Bertz CT molecular complexity index is 1430. The molecule has 0 unspecified atom stereocenters. The molecule has 0 bridgehead atoms. The van der Waals surface area contributed by atoms with E-state index in [-0.39, 0.29) is 11.4 Å². The Morgan fingerprint density at radius 1 is 0.951 bits per heavy atom. The van der Waals surface area contributed by atoms with Crippen molar-refractivity contribution in [2.45, 2.75) is 71.5 Å². The smallest absolute Gasteiger partial charge is 0.311 e. The average Bonchev–Trinajstić information content (AvgIpc) is 3.36. The maximum atomic E-state index is 11.6. The molecule has 3 aromatic carbocycles. The number of aromatic nitrogens is 2. The van der Waals surface area contributed by atoms with Crippen LogP contribution in [0.25, 0.3) is 22.6 Å². The summed E-state index contributed by atoms with van der Waals surface area (Å²) in [5.41, 5.74) is 4.94. The molecule has 41 heavy (non-hydrogen) atoms. The summed E-state index contributed by atoms with van der Waals surface area (Å²) in [5, 5.41) is 21.6. The van der Waals surface area contributed by atoms with Crippen molar-refractivity contribution in [3.8, 4) is 28.4 Å². The molecule has 0 radical (unpaired) electrons. The molecule has 5 rings (SSSR count). The molecule has 7 heteroatoms. The van der Waals surface area contributed by atoms with Crippen LogP contribution < -0.4 is 0 Å². The lowest BCUT2D eigenvalue weighted by molar-refractivity contribution is -0.385. The molecule has 1 aromatic heterocycles. The molecule has 1 fully saturated rings. The Morgan fingerprint density at radius 2 is 1.63 bits per heavy atom. The molecular weight excluding hydrogens is 512 g/mol. The van der Waals surface area contributed by atoms with Gasteiger partial charge in [-0.1, -0.05) is 99.3 Å². The monoisotopic (exact) mass is 552 g/mol. The van der Waals surface area contributed by atoms with Crippen molar-refractivity contribution in [1.29, 1.82) is 0 Å². The van der Waals surface area contributed by atoms with E-state index >= 15 is 0 Å². The Balaban J connectivity index is 1.58. The molecule has 214 valence electrons. The summed E-state index contributed by atoms with van der Waals surface area (Å²) < 4.78 is 2.40. The van der Waals surface area contributed by atoms with Crippen LogP contribution >= 0.6 is 0 Å². The van der Waals surface area contributed by atoms with Crippen LogP contribution in [0.3, 0.4) is 0 Å². The third-order valence-electron chi connectivity index (χ3n) is 8.14. The molecule has 1 aliphatic rings. The van der Waals surface area contributed by atoms with Gasteiger partial charge in [0.25, 0.3) is 0 Å². The fourth-order valence-electron chi connectivity index (χ4n) is 6.04. The lowest BCUT2D eigenvalue weighted by Gasteiger charge is -2.30. The highest BCUT2D eigenvalue weighted by molar-refractivity contribution is 5.68. The SMILES string of the molecule is CCCCn1c(-c2ccccc2)nc(-c2ccccc2)c1CN(Cc1ccc(O)c([N+](=O)[O-])c1)CC1CCCCC1. The molecule has 0 atom stereocenters. The van der Waals surface area contributed by atoms with Crippen LogP contribution in [0.4, 0.5) is 5.69 Å². The highest BCUT2D eigenvalue weighted by Gasteiger charge is 2.25. The zero-order valence-electron chi connectivity index (χ0n) is 23.9. The van der Waals surface area contributed by atoms with E-state index in [0.717, 1.165) is 54.1 Å². The number of phenols is 1. The number of nitro benzene ring substituents is 1. The first-order chi connectivity index (χ1) is 20.0. The predicted molar refractivity (Wildman–Crippen MR) is 163 cm³/mol. The number of phenolic OH excluding ortho intramolecular Hbond substituents is 1. The Labute approximate surface area is 242 Å². The first kappa shape index (κ1) is 28.6. The maximum Gasteiger partial charge on any atom is 0.311 e. The molecule has 1 saturated carbocycles. The van der Waals surface area contributed by atoms with Gasteiger partial charge in [-0.15, -0.1) is 0 Å². The van der Waals surface area contributed by atoms with Gasteiger partial charge in [-0.3, -0.25) is 15.0 Å². The van der Waals surface area contributed by atoms with E-state index in [1.165, 1.54) is 49.9 Å². The van der Waals surface area contributed by atoms with Crippen LogP contribution in [-0.2, 0) is 19.6 Å². The van der Waals surface area contributed by atoms with Crippen LogP contribution in [-0.4, -0.2) is 31.0 Å². The maximum absolute atomic E-state index is 11.6. The molecule has 1 aliphatic carbocycles. The highest BCUT2D eigenvalue weighted by atomic mass is 16.6. The first-order valence-electron chi connectivity index (χ1n) is 14.9. The van der Waals surface area contributed by atoms with Crippen LogP contribution in [0, 0.1) is 16.0 Å². The molecular formula is C34H40N4O3. The van der Waals surface area contributed by atoms with Crippen molar-refractivity contribution in [3.05, 3.63) is 100 Å². The second-order valence-electron chi connectivity index (χ2n) is 11.2. The van der Waals surface area contributed by atoms with Crippen molar-refractivity contribution in [2.24, 2.45) is 5.92 Å². The molecule has 4 aromatic rings. The number of nitrogens with zero attached hydrogens (tertiary/aromatic N) is 4. The quantitative estimate of drug-likeness (QED) is 0.141. The molecule has 0 saturated heterocycles. The lowest BCUT2D eigenvalue weighted by Crippen LogP contribution is -2.31. The minimum atomic E-state index is -0.510. The summed E-state index contributed by atoms with van der Waals surface area (Å²) in [7, 11) is 0. The van der Waals surface area contributed by atoms with Gasteiger partial charge in [-0.25, -0.2) is 4.98 Å². The second kappa shape index (κ2) is 13.6. The van der Waals surface area contributed by atoms with Crippen molar-refractivity contribution in [3.63, 3.8) is 0 Å². The second-order valence-corrected chi connectivity index (χ2v) is 11.2. The molecule has 0 amide bonds. The molecule has 1 heterocycles. The lowest BCUT2D eigenvalue weighted by atomic mass is 9.89. The van der Waals surface area contributed by atoms with Crippen molar-refractivity contribution < 1.29 is 10.0 Å². The number of imidazole rings is 1. The molecule has 0 spiro atoms. The zero-order chi connectivity index (χ0) is 28.6. The van der Waals surface area contributed by atoms with Crippen molar-refractivity contribution in [2.75, 3.05) is 6.54 Å². The number of rotatable bonds is 12. The van der Waals surface area contributed by atoms with Crippen molar-refractivity contribution in [1.82, 2.24) is 14.5 Å². The van der Waals surface area contributed by atoms with Gasteiger partial charge < -0.3 is 9.67 Å². The number of unbranched alkanes of at least 4 members (excludes halogenated alkanes) is 1. The summed E-state index contributed by atoms with van der Waals surface area (Å²) in [5.74, 6) is 1.27. The van der Waals surface area contributed by atoms with E-state index in [1.807, 2.05) is 12.1 Å². The minimum absolute atomic E-state index is 0.246. The average molecular weight is 553 g/mol. The Kier molecular flexibility index (Phi) is 9.47. The van der Waals surface area contributed by atoms with Gasteiger partial charge in [-0.2, -0.15) is 0 Å². The fraction of sp³-hybridized carbons (Fsp3) is 0.382. The summed E-state index contributed by atoms with van der Waals surface area (Å²) in [6.07, 6.45) is 8.35. The van der Waals surface area contributed by atoms with Crippen LogP contribution in [0.2, 0.25) is 0 Å². The first-order valence-corrected chi connectivity index (χ1v) is 14.9. The summed E-state index contributed by atoms with van der Waals surface area (Å²) in [6.45, 7) is 5.24. The van der Waals surface area contributed by atoms with Crippen LogP contribution in [0.5, 0.6) is 5.75 Å². The standard InChI is InChI=1S/C34H40N4O3/c1-2-3-21-37-31(33(28-15-9-5-10-16-28)35-34(37)29-17-11-6-12-18-29)25-36(23-26-13-7-4-8-14-26)24-27-19-20-32(39)30(22-27)38(40)41/h5-6,9-12,15-20,22,26,39H,2-4,7-8,13-14,21,23-25H2,1H3. The van der Waals surface area contributed by atoms with E-state index < -0.39 is 4.92 Å². The minimum Gasteiger partial charge on any atom is -0.502 e. The summed E-state index contributed by atoms with van der Waals surface area (Å²) >= 11 is 0. The molecule has 7 nitrogen and oxygen atoms in total. The Hall–Kier alpha value is -3.97. The van der Waals surface area contributed by atoms with Crippen LogP contribution in [0.1, 0.15) is 63.1 Å². The van der Waals surface area contributed by atoms with Gasteiger partial charge >= 0.3 is 5.69 Å². The number of hydrogen-bond donors (Lipinski definition) is 1. The third kappa shape index (κ3) is 7.03. The summed E-state index contributed by atoms with van der Waals surface area (Å²) in [6, 6.07) is 25.6. The largest absolute Gasteiger partial charge is 0.502 e. The molecule has 0 aliphatic heterocycles. The molecule has 1 N–H and O–H groups in total. The third-order valence-corrected chi connectivity index (χ3v) is 8.14. The normalized spacial score (nSPS) is 14.0. The number of hydrogen-bond acceptors (Lipinski definition) is 5. The van der Waals surface area contributed by atoms with Gasteiger partial charge in [0.15, 0.2) is 5.75 Å². The van der Waals surface area contributed by atoms with Gasteiger partial charge in [0.2, 0.25) is 0 Å². The summed E-state index contributed by atoms with van der Waals surface area (Å²) in [4.78, 5) is 18.8. The number of benzene rings is 3. The van der Waals surface area contributed by atoms with E-state index in [4.69, 9.17) is 4.98 Å². The highest BCUT2D eigenvalue weighted by Crippen LogP contribution is 2.33. The van der Waals surface area contributed by atoms with E-state index in [9.17, 15) is 15.2 Å². The van der Waals surface area contributed by atoms with Gasteiger partial charge in [0, 0.05) is 43.4 Å². The predicted octanol–water partition coefficient (Wildman–Crippen LogP) is 8.21. The number of nitro groups is 1. The van der Waals surface area contributed by atoms with Gasteiger partial charge in [-0.05, 0) is 36.8 Å². The van der Waals surface area contributed by atoms with Crippen LogP contribution in [0.15, 0.2) is 78.9 Å². The number of aromatic hydroxyl groups is 1. The van der Waals surface area contributed by atoms with E-state index in [2.05, 4.69) is 64.9 Å². The van der Waals surface area contributed by atoms with E-state index in [1.54, 1.807) is 6.07 Å². The Morgan fingerprint density at radius 3 is 2.29 bits per heavy atom. The van der Waals surface area contributed by atoms with Crippen molar-refractivity contribution >= 4 is 5.69 Å². The van der Waals surface area contributed by atoms with Gasteiger partial charge in [0.1, 0.15) is 5.82 Å².